The maximum atomic E-state index is 12.9. The number of carbonyl (C=O) groups is 1. The summed E-state index contributed by atoms with van der Waals surface area (Å²) in [5, 5.41) is 5.37. The molecular formula is C32H37N7OS. The molecule has 2 aromatic carbocycles. The maximum Gasteiger partial charge on any atom is 0.223 e. The third kappa shape index (κ3) is 7.56. The summed E-state index contributed by atoms with van der Waals surface area (Å²) in [6.45, 7) is 7.16. The fraction of sp³-hybridized carbons (Fsp3) is 0.312. The standard InChI is InChI=1S/C32H37N7OS/c1-3-15-33-19-30-34-17-28(37-30)25-9-5-23(6-10-25)24-7-11-26(12-8-24)29-18-35-31(38-29)20-39(16-4-2)32(40)14-13-27-21-41-22-36-27/h5-12,17-18,21-22,33H,3-4,13-16,19-20H2,1-2H3,(H,34,37)(H,35,38). The molecule has 5 aromatic rings. The Morgan fingerprint density at radius 2 is 1.44 bits per heavy atom. The van der Waals surface area contributed by atoms with Crippen LogP contribution in [0.2, 0.25) is 0 Å². The number of nitrogens with one attached hydrogen (secondary N) is 3. The van der Waals surface area contributed by atoms with Crippen molar-refractivity contribution in [3.63, 3.8) is 0 Å². The van der Waals surface area contributed by atoms with Crippen LogP contribution in [0.1, 0.15) is 50.5 Å². The number of aryl methyl sites for hydroxylation is 1. The van der Waals surface area contributed by atoms with Crippen LogP contribution in [-0.2, 0) is 24.3 Å². The Balaban J connectivity index is 1.19. The van der Waals surface area contributed by atoms with Crippen molar-refractivity contribution >= 4 is 17.2 Å². The van der Waals surface area contributed by atoms with Gasteiger partial charge >= 0.3 is 0 Å². The Hall–Kier alpha value is -4.08. The second-order valence-electron chi connectivity index (χ2n) is 10.1. The lowest BCUT2D eigenvalue weighted by Crippen LogP contribution is -2.31. The molecule has 212 valence electrons. The number of carbonyl (C=O) groups excluding carboxylic acids is 1. The zero-order chi connectivity index (χ0) is 28.4. The Labute approximate surface area is 245 Å². The lowest BCUT2D eigenvalue weighted by Gasteiger charge is -2.21. The third-order valence-corrected chi connectivity index (χ3v) is 7.60. The van der Waals surface area contributed by atoms with Gasteiger partial charge < -0.3 is 20.2 Å². The summed E-state index contributed by atoms with van der Waals surface area (Å²) in [7, 11) is 0. The molecule has 8 nitrogen and oxygen atoms in total. The minimum atomic E-state index is 0.130. The van der Waals surface area contributed by atoms with Gasteiger partial charge in [-0.1, -0.05) is 62.4 Å². The number of nitrogens with zero attached hydrogens (tertiary/aromatic N) is 4. The smallest absolute Gasteiger partial charge is 0.223 e. The highest BCUT2D eigenvalue weighted by Gasteiger charge is 2.16. The van der Waals surface area contributed by atoms with E-state index < -0.39 is 0 Å². The van der Waals surface area contributed by atoms with E-state index in [2.05, 4.69) is 92.6 Å². The van der Waals surface area contributed by atoms with Gasteiger partial charge in [-0.25, -0.2) is 15.0 Å². The van der Waals surface area contributed by atoms with E-state index in [0.29, 0.717) is 25.9 Å². The first-order valence-electron chi connectivity index (χ1n) is 14.3. The van der Waals surface area contributed by atoms with Crippen molar-refractivity contribution in [1.29, 1.82) is 0 Å². The van der Waals surface area contributed by atoms with E-state index in [9.17, 15) is 4.79 Å². The van der Waals surface area contributed by atoms with Gasteiger partial charge in [0.05, 0.1) is 48.1 Å². The number of hydrogen-bond acceptors (Lipinski definition) is 6. The van der Waals surface area contributed by atoms with Gasteiger partial charge in [0.25, 0.3) is 0 Å². The molecule has 0 aliphatic rings. The average molecular weight is 568 g/mol. The van der Waals surface area contributed by atoms with E-state index in [1.165, 1.54) is 0 Å². The molecule has 0 aliphatic heterocycles. The van der Waals surface area contributed by atoms with Crippen molar-refractivity contribution in [2.75, 3.05) is 13.1 Å². The Morgan fingerprint density at radius 1 is 0.829 bits per heavy atom. The molecule has 0 radical (unpaired) electrons. The molecule has 1 amide bonds. The summed E-state index contributed by atoms with van der Waals surface area (Å²) in [5.74, 6) is 1.87. The van der Waals surface area contributed by atoms with E-state index >= 15 is 0 Å². The largest absolute Gasteiger partial charge is 0.341 e. The van der Waals surface area contributed by atoms with E-state index in [0.717, 1.165) is 76.9 Å². The van der Waals surface area contributed by atoms with Gasteiger partial charge in [-0.15, -0.1) is 11.3 Å². The Morgan fingerprint density at radius 3 is 2.02 bits per heavy atom. The summed E-state index contributed by atoms with van der Waals surface area (Å²) in [6, 6.07) is 17.0. The van der Waals surface area contributed by atoms with Crippen molar-refractivity contribution in [2.24, 2.45) is 0 Å². The predicted molar refractivity (Wildman–Crippen MR) is 165 cm³/mol. The van der Waals surface area contributed by atoms with Crippen molar-refractivity contribution < 1.29 is 4.79 Å². The van der Waals surface area contributed by atoms with Crippen molar-refractivity contribution in [3.8, 4) is 33.6 Å². The second-order valence-corrected chi connectivity index (χ2v) is 10.8. The summed E-state index contributed by atoms with van der Waals surface area (Å²) in [6.07, 6.45) is 6.87. The fourth-order valence-corrected chi connectivity index (χ4v) is 5.35. The molecule has 3 N–H and O–H groups in total. The van der Waals surface area contributed by atoms with Gasteiger partial charge in [-0.2, -0.15) is 0 Å². The van der Waals surface area contributed by atoms with Gasteiger partial charge in [0.15, 0.2) is 0 Å². The lowest BCUT2D eigenvalue weighted by atomic mass is 10.0. The molecule has 0 fully saturated rings. The molecular weight excluding hydrogens is 530 g/mol. The molecule has 0 saturated carbocycles. The number of H-pyrrole nitrogens is 2. The number of hydrogen-bond donors (Lipinski definition) is 3. The summed E-state index contributed by atoms with van der Waals surface area (Å²) in [5.41, 5.74) is 9.22. The molecule has 0 spiro atoms. The van der Waals surface area contributed by atoms with E-state index in [-0.39, 0.29) is 5.91 Å². The van der Waals surface area contributed by atoms with Crippen LogP contribution in [0, 0.1) is 0 Å². The maximum absolute atomic E-state index is 12.9. The first-order valence-corrected chi connectivity index (χ1v) is 15.2. The molecule has 5 rings (SSSR count). The number of aromatic nitrogens is 5. The van der Waals surface area contributed by atoms with Crippen LogP contribution in [0.3, 0.4) is 0 Å². The number of benzene rings is 2. The zero-order valence-electron chi connectivity index (χ0n) is 23.7. The van der Waals surface area contributed by atoms with E-state index in [1.54, 1.807) is 16.8 Å². The molecule has 41 heavy (non-hydrogen) atoms. The number of aromatic amines is 2. The molecule has 0 saturated heterocycles. The fourth-order valence-electron chi connectivity index (χ4n) is 4.75. The van der Waals surface area contributed by atoms with Crippen molar-refractivity contribution in [1.82, 2.24) is 35.1 Å². The molecule has 0 aliphatic carbocycles. The van der Waals surface area contributed by atoms with E-state index in [4.69, 9.17) is 0 Å². The quantitative estimate of drug-likeness (QED) is 0.134. The minimum absolute atomic E-state index is 0.130. The van der Waals surface area contributed by atoms with Gasteiger partial charge in [-0.3, -0.25) is 4.79 Å². The van der Waals surface area contributed by atoms with Crippen LogP contribution in [0.5, 0.6) is 0 Å². The first-order chi connectivity index (χ1) is 20.1. The summed E-state index contributed by atoms with van der Waals surface area (Å²) < 4.78 is 0. The van der Waals surface area contributed by atoms with Crippen LogP contribution >= 0.6 is 11.3 Å². The average Bonchev–Trinajstić information content (AvgIpc) is 3.79. The molecule has 0 atom stereocenters. The first kappa shape index (κ1) is 28.4. The normalized spacial score (nSPS) is 11.2. The van der Waals surface area contributed by atoms with Crippen LogP contribution < -0.4 is 5.32 Å². The SMILES string of the molecule is CCCNCc1ncc(-c2ccc(-c3ccc(-c4cnc(CN(CCC)C(=O)CCc5cscn5)[nH]4)cc3)cc2)[nH]1. The molecule has 0 unspecified atom stereocenters. The number of thiazole rings is 1. The summed E-state index contributed by atoms with van der Waals surface area (Å²) >= 11 is 1.56. The highest BCUT2D eigenvalue weighted by atomic mass is 32.1. The van der Waals surface area contributed by atoms with Crippen LogP contribution in [-0.4, -0.2) is 48.8 Å². The van der Waals surface area contributed by atoms with Crippen molar-refractivity contribution in [3.05, 3.63) is 89.2 Å². The molecule has 9 heteroatoms. The van der Waals surface area contributed by atoms with Crippen molar-refractivity contribution in [2.45, 2.75) is 52.6 Å². The third-order valence-electron chi connectivity index (χ3n) is 6.97. The zero-order valence-corrected chi connectivity index (χ0v) is 24.5. The monoisotopic (exact) mass is 567 g/mol. The van der Waals surface area contributed by atoms with Gasteiger partial charge in [0.2, 0.25) is 5.91 Å². The van der Waals surface area contributed by atoms with E-state index in [1.807, 2.05) is 22.7 Å². The highest BCUT2D eigenvalue weighted by Crippen LogP contribution is 2.27. The topological polar surface area (TPSA) is 103 Å². The molecule has 3 aromatic heterocycles. The van der Waals surface area contributed by atoms with Crippen LogP contribution in [0.15, 0.2) is 71.8 Å². The van der Waals surface area contributed by atoms with Gasteiger partial charge in [0.1, 0.15) is 11.6 Å². The summed E-state index contributed by atoms with van der Waals surface area (Å²) in [4.78, 5) is 34.9. The molecule has 3 heterocycles. The van der Waals surface area contributed by atoms with Gasteiger partial charge in [-0.05, 0) is 48.1 Å². The number of amides is 1. The Bertz CT molecular complexity index is 1500. The number of imidazole rings is 2. The number of rotatable bonds is 14. The van der Waals surface area contributed by atoms with Gasteiger partial charge in [0, 0.05) is 18.3 Å². The molecule has 0 bridgehead atoms. The Kier molecular flexibility index (Phi) is 9.72. The second kappa shape index (κ2) is 14.0. The van der Waals surface area contributed by atoms with Crippen LogP contribution in [0.4, 0.5) is 0 Å². The predicted octanol–water partition coefficient (Wildman–Crippen LogP) is 6.46. The lowest BCUT2D eigenvalue weighted by molar-refractivity contribution is -0.131. The van der Waals surface area contributed by atoms with Crippen LogP contribution in [0.25, 0.3) is 33.6 Å². The highest BCUT2D eigenvalue weighted by molar-refractivity contribution is 7.07. The minimum Gasteiger partial charge on any atom is -0.341 e.